The van der Waals surface area contributed by atoms with Crippen LogP contribution in [0.15, 0.2) is 0 Å². The number of piperidine rings is 1. The third-order valence-corrected chi connectivity index (χ3v) is 5.60. The van der Waals surface area contributed by atoms with Gasteiger partial charge in [0.25, 0.3) is 0 Å². The highest BCUT2D eigenvalue weighted by atomic mass is 35.5. The van der Waals surface area contributed by atoms with E-state index in [1.807, 2.05) is 0 Å². The normalized spacial score (nSPS) is 27.3. The van der Waals surface area contributed by atoms with E-state index in [2.05, 4.69) is 31.0 Å². The van der Waals surface area contributed by atoms with E-state index in [9.17, 15) is 4.79 Å². The summed E-state index contributed by atoms with van der Waals surface area (Å²) >= 11 is 0. The standard InChI is InChI=1S/C19H36N2O.ClH/c1-4-6-7-11-21(15(3)8-5-2)19(22)14-16-12-17-9-10-18(13-16)20-17;/h15-18,20H,4-14H2,1-3H3;1H. The fraction of sp³-hybridized carbons (Fsp3) is 0.947. The lowest BCUT2D eigenvalue weighted by atomic mass is 9.89. The van der Waals surface area contributed by atoms with E-state index in [0.29, 0.717) is 30.0 Å². The van der Waals surface area contributed by atoms with E-state index in [1.165, 1.54) is 38.5 Å². The Morgan fingerprint density at radius 1 is 1.13 bits per heavy atom. The average Bonchev–Trinajstić information content (AvgIpc) is 2.82. The Morgan fingerprint density at radius 3 is 2.35 bits per heavy atom. The predicted octanol–water partition coefficient (Wildman–Crippen LogP) is 4.54. The van der Waals surface area contributed by atoms with Crippen LogP contribution in [0.5, 0.6) is 0 Å². The quantitative estimate of drug-likeness (QED) is 0.623. The van der Waals surface area contributed by atoms with E-state index in [0.717, 1.165) is 32.2 Å². The second-order valence-corrected chi connectivity index (χ2v) is 7.61. The number of carbonyl (C=O) groups excluding carboxylic acids is 1. The van der Waals surface area contributed by atoms with Crippen molar-refractivity contribution < 1.29 is 4.79 Å². The molecule has 3 atom stereocenters. The molecule has 0 aromatic heterocycles. The summed E-state index contributed by atoms with van der Waals surface area (Å²) in [6.45, 7) is 7.65. The third kappa shape index (κ3) is 6.26. The number of halogens is 1. The van der Waals surface area contributed by atoms with Crippen molar-refractivity contribution in [2.75, 3.05) is 6.54 Å². The van der Waals surface area contributed by atoms with Crippen molar-refractivity contribution in [2.45, 2.75) is 103 Å². The predicted molar refractivity (Wildman–Crippen MR) is 100 cm³/mol. The Labute approximate surface area is 149 Å². The van der Waals surface area contributed by atoms with Gasteiger partial charge in [-0.3, -0.25) is 4.79 Å². The van der Waals surface area contributed by atoms with Gasteiger partial charge < -0.3 is 10.2 Å². The number of fused-ring (bicyclic) bond motifs is 2. The maximum atomic E-state index is 12.9. The zero-order chi connectivity index (χ0) is 15.9. The van der Waals surface area contributed by atoms with E-state index < -0.39 is 0 Å². The Kier molecular flexibility index (Phi) is 9.53. The highest BCUT2D eigenvalue weighted by molar-refractivity contribution is 5.85. The molecule has 2 aliphatic heterocycles. The SMILES string of the molecule is CCCCCN(C(=O)CC1CC2CCC(C1)N2)C(C)CCC.Cl. The second-order valence-electron chi connectivity index (χ2n) is 7.61. The van der Waals surface area contributed by atoms with Gasteiger partial charge >= 0.3 is 0 Å². The second kappa shape index (κ2) is 10.6. The molecule has 0 aromatic carbocycles. The van der Waals surface area contributed by atoms with E-state index >= 15 is 0 Å². The minimum absolute atomic E-state index is 0. The molecule has 3 unspecified atom stereocenters. The molecule has 2 bridgehead atoms. The first kappa shape index (κ1) is 20.8. The number of hydrogen-bond acceptors (Lipinski definition) is 2. The average molecular weight is 345 g/mol. The van der Waals surface area contributed by atoms with E-state index in [1.54, 1.807) is 0 Å². The monoisotopic (exact) mass is 344 g/mol. The molecule has 0 radical (unpaired) electrons. The number of rotatable bonds is 9. The number of carbonyl (C=O) groups is 1. The number of hydrogen-bond donors (Lipinski definition) is 1. The van der Waals surface area contributed by atoms with Crippen LogP contribution >= 0.6 is 12.4 Å². The Bertz CT molecular complexity index is 338. The van der Waals surface area contributed by atoms with Crippen LogP contribution in [0.2, 0.25) is 0 Å². The molecule has 2 heterocycles. The van der Waals surface area contributed by atoms with Crippen molar-refractivity contribution in [1.29, 1.82) is 0 Å². The lowest BCUT2D eigenvalue weighted by molar-refractivity contribution is -0.134. The van der Waals surface area contributed by atoms with Crippen molar-refractivity contribution >= 4 is 18.3 Å². The van der Waals surface area contributed by atoms with Crippen LogP contribution in [0.3, 0.4) is 0 Å². The van der Waals surface area contributed by atoms with Crippen LogP contribution in [0, 0.1) is 5.92 Å². The summed E-state index contributed by atoms with van der Waals surface area (Å²) < 4.78 is 0. The van der Waals surface area contributed by atoms with Crippen LogP contribution < -0.4 is 5.32 Å². The molecule has 2 rings (SSSR count). The van der Waals surface area contributed by atoms with Crippen LogP contribution in [0.4, 0.5) is 0 Å². The van der Waals surface area contributed by atoms with E-state index in [-0.39, 0.29) is 12.4 Å². The molecule has 4 heteroatoms. The van der Waals surface area contributed by atoms with Gasteiger partial charge in [-0.2, -0.15) is 0 Å². The van der Waals surface area contributed by atoms with Crippen LogP contribution in [-0.2, 0) is 4.79 Å². The van der Waals surface area contributed by atoms with Gasteiger partial charge in [-0.15, -0.1) is 12.4 Å². The van der Waals surface area contributed by atoms with Gasteiger partial charge in [0.2, 0.25) is 5.91 Å². The molecule has 0 aliphatic carbocycles. The largest absolute Gasteiger partial charge is 0.340 e. The topological polar surface area (TPSA) is 32.3 Å². The first-order chi connectivity index (χ1) is 10.6. The Balaban J connectivity index is 0.00000264. The number of nitrogens with zero attached hydrogens (tertiary/aromatic N) is 1. The summed E-state index contributed by atoms with van der Waals surface area (Å²) in [7, 11) is 0. The first-order valence-electron chi connectivity index (χ1n) is 9.69. The van der Waals surface area contributed by atoms with Gasteiger partial charge in [0.05, 0.1) is 0 Å². The summed E-state index contributed by atoms with van der Waals surface area (Å²) in [6, 6.07) is 1.80. The van der Waals surface area contributed by atoms with Crippen molar-refractivity contribution in [3.8, 4) is 0 Å². The summed E-state index contributed by atoms with van der Waals surface area (Å²) in [6.07, 6.45) is 11.8. The molecule has 2 saturated heterocycles. The summed E-state index contributed by atoms with van der Waals surface area (Å²) in [5.41, 5.74) is 0. The lowest BCUT2D eigenvalue weighted by Gasteiger charge is -2.33. The molecule has 23 heavy (non-hydrogen) atoms. The Morgan fingerprint density at radius 2 is 1.78 bits per heavy atom. The molecular formula is C19H37ClN2O. The maximum Gasteiger partial charge on any atom is 0.223 e. The van der Waals surface area contributed by atoms with Gasteiger partial charge in [-0.1, -0.05) is 33.1 Å². The number of amides is 1. The highest BCUT2D eigenvalue weighted by Crippen LogP contribution is 2.33. The molecule has 0 aromatic rings. The molecule has 1 N–H and O–H groups in total. The number of nitrogens with one attached hydrogen (secondary N) is 1. The fourth-order valence-corrected chi connectivity index (χ4v) is 4.40. The van der Waals surface area contributed by atoms with Crippen molar-refractivity contribution in [1.82, 2.24) is 10.2 Å². The zero-order valence-corrected chi connectivity index (χ0v) is 16.2. The number of unbranched alkanes of at least 4 members (excludes halogenated alkanes) is 2. The van der Waals surface area contributed by atoms with Gasteiger partial charge in [0.1, 0.15) is 0 Å². The highest BCUT2D eigenvalue weighted by Gasteiger charge is 2.35. The van der Waals surface area contributed by atoms with Crippen LogP contribution in [0.25, 0.3) is 0 Å². The molecule has 2 aliphatic rings. The zero-order valence-electron chi connectivity index (χ0n) is 15.4. The molecule has 3 nitrogen and oxygen atoms in total. The summed E-state index contributed by atoms with van der Waals surface area (Å²) in [4.78, 5) is 15.1. The van der Waals surface area contributed by atoms with Crippen molar-refractivity contribution in [2.24, 2.45) is 5.92 Å². The molecule has 0 saturated carbocycles. The molecule has 0 spiro atoms. The van der Waals surface area contributed by atoms with Gasteiger partial charge in [0, 0.05) is 31.1 Å². The first-order valence-corrected chi connectivity index (χ1v) is 9.69. The van der Waals surface area contributed by atoms with E-state index in [4.69, 9.17) is 0 Å². The third-order valence-electron chi connectivity index (χ3n) is 5.60. The minimum atomic E-state index is 0. The van der Waals surface area contributed by atoms with Gasteiger partial charge in [-0.25, -0.2) is 0 Å². The van der Waals surface area contributed by atoms with Crippen molar-refractivity contribution in [3.05, 3.63) is 0 Å². The molecule has 136 valence electrons. The lowest BCUT2D eigenvalue weighted by Crippen LogP contribution is -2.43. The Hall–Kier alpha value is -0.280. The molecule has 1 amide bonds. The summed E-state index contributed by atoms with van der Waals surface area (Å²) in [5, 5.41) is 3.68. The fourth-order valence-electron chi connectivity index (χ4n) is 4.40. The summed E-state index contributed by atoms with van der Waals surface area (Å²) in [5.74, 6) is 1.04. The van der Waals surface area contributed by atoms with Crippen molar-refractivity contribution in [3.63, 3.8) is 0 Å². The smallest absolute Gasteiger partial charge is 0.223 e. The molecular weight excluding hydrogens is 308 g/mol. The maximum absolute atomic E-state index is 12.9. The van der Waals surface area contributed by atoms with Gasteiger partial charge in [0.15, 0.2) is 0 Å². The van der Waals surface area contributed by atoms with Crippen LogP contribution in [0.1, 0.15) is 85.0 Å². The van der Waals surface area contributed by atoms with Gasteiger partial charge in [-0.05, 0) is 51.4 Å². The molecule has 2 fully saturated rings. The van der Waals surface area contributed by atoms with Crippen LogP contribution in [-0.4, -0.2) is 35.5 Å². The minimum Gasteiger partial charge on any atom is -0.340 e.